The Morgan fingerprint density at radius 2 is 1.76 bits per heavy atom. The predicted molar refractivity (Wildman–Crippen MR) is 100 cm³/mol. The maximum absolute atomic E-state index is 14.1. The molecule has 5 nitrogen and oxygen atoms in total. The van der Waals surface area contributed by atoms with Crippen molar-refractivity contribution in [1.82, 2.24) is 0 Å². The summed E-state index contributed by atoms with van der Waals surface area (Å²) in [5, 5.41) is 7.98. The third-order valence-corrected chi connectivity index (χ3v) is 5.35. The molecule has 0 fully saturated rings. The van der Waals surface area contributed by atoms with Crippen molar-refractivity contribution >= 4 is 54.1 Å². The molecular weight excluding hydrogens is 456 g/mol. The van der Waals surface area contributed by atoms with Crippen LogP contribution in [-0.2, 0) is 16.7 Å². The number of halogens is 2. The van der Waals surface area contributed by atoms with Gasteiger partial charge in [-0.3, -0.25) is 0 Å². The Morgan fingerprint density at radius 1 is 1.12 bits per heavy atom. The van der Waals surface area contributed by atoms with Crippen LogP contribution in [0.1, 0.15) is 21.5 Å². The zero-order chi connectivity index (χ0) is 17.3. The minimum atomic E-state index is -0.709. The molecule has 8 heteroatoms. The molecule has 3 rings (SSSR count). The Balaban J connectivity index is 0.00000225. The van der Waals surface area contributed by atoms with Crippen LogP contribution in [0.2, 0.25) is 0 Å². The van der Waals surface area contributed by atoms with Crippen molar-refractivity contribution in [3.05, 3.63) is 65.0 Å². The van der Waals surface area contributed by atoms with Gasteiger partial charge in [-0.05, 0) is 0 Å². The number of para-hydroxylation sites is 1. The Labute approximate surface area is 160 Å². The first-order valence-corrected chi connectivity index (χ1v) is 9.23. The van der Waals surface area contributed by atoms with Gasteiger partial charge in [0.1, 0.15) is 0 Å². The van der Waals surface area contributed by atoms with E-state index in [9.17, 15) is 14.0 Å². The number of nitrogens with two attached hydrogens (primary N) is 1. The molecule has 0 unspecified atom stereocenters. The number of fused-ring (bicyclic) bond motifs is 1. The van der Waals surface area contributed by atoms with E-state index in [4.69, 9.17) is 11.1 Å². The summed E-state index contributed by atoms with van der Waals surface area (Å²) in [7, 11) is 0. The van der Waals surface area contributed by atoms with Crippen LogP contribution in [-0.4, -0.2) is 31.4 Å². The number of benzene rings is 2. The van der Waals surface area contributed by atoms with E-state index in [0.29, 0.717) is 0 Å². The van der Waals surface area contributed by atoms with Gasteiger partial charge in [-0.15, -0.1) is 17.0 Å². The molecule has 0 spiro atoms. The van der Waals surface area contributed by atoms with E-state index in [1.54, 1.807) is 0 Å². The van der Waals surface area contributed by atoms with E-state index in [1.807, 2.05) is 24.3 Å². The summed E-state index contributed by atoms with van der Waals surface area (Å²) in [6.07, 6.45) is 0. The van der Waals surface area contributed by atoms with Crippen molar-refractivity contribution in [1.29, 1.82) is 5.41 Å². The van der Waals surface area contributed by atoms with E-state index >= 15 is 0 Å². The number of anilines is 1. The number of nitrogens with one attached hydrogen (secondary N) is 1. The molecule has 0 aromatic heterocycles. The molecule has 2 aromatic carbocycles. The summed E-state index contributed by atoms with van der Waals surface area (Å²) in [5.41, 5.74) is 7.37. The quantitative estimate of drug-likeness (QED) is 0.304. The van der Waals surface area contributed by atoms with Gasteiger partial charge < -0.3 is 0 Å². The number of carbonyl (C=O) groups excluding carboxylic acids is 2. The number of amidine groups is 1. The monoisotopic (exact) mass is 471 g/mol. The van der Waals surface area contributed by atoms with Gasteiger partial charge in [-0.1, -0.05) is 0 Å². The maximum atomic E-state index is 14.1. The van der Waals surface area contributed by atoms with Gasteiger partial charge in [0.25, 0.3) is 0 Å². The third-order valence-electron chi connectivity index (χ3n) is 3.70. The molecule has 3 N–H and O–H groups in total. The van der Waals surface area contributed by atoms with Crippen LogP contribution in [0.25, 0.3) is 0 Å². The Kier molecular flexibility index (Phi) is 6.11. The first-order valence-electron chi connectivity index (χ1n) is 7.16. The molecule has 25 heavy (non-hydrogen) atoms. The van der Waals surface area contributed by atoms with Crippen molar-refractivity contribution in [3.8, 4) is 0 Å². The van der Waals surface area contributed by atoms with Gasteiger partial charge in [-0.2, -0.15) is 0 Å². The Bertz CT molecular complexity index is 842. The number of carbonyl (C=O) groups is 2. The van der Waals surface area contributed by atoms with Crippen LogP contribution in [0, 0.1) is 11.2 Å². The van der Waals surface area contributed by atoms with Crippen LogP contribution >= 0.6 is 17.0 Å². The van der Waals surface area contributed by atoms with Crippen LogP contribution in [0.15, 0.2) is 42.5 Å². The van der Waals surface area contributed by atoms with Crippen molar-refractivity contribution < 1.29 is 14.0 Å². The van der Waals surface area contributed by atoms with Gasteiger partial charge in [0, 0.05) is 0 Å². The molecule has 1 amide bonds. The Morgan fingerprint density at radius 3 is 2.40 bits per heavy atom. The zero-order valence-electron chi connectivity index (χ0n) is 13.0. The number of hydrogen-bond acceptors (Lipinski definition) is 3. The second-order valence-corrected chi connectivity index (χ2v) is 7.46. The van der Waals surface area contributed by atoms with E-state index < -0.39 is 17.5 Å². The van der Waals surface area contributed by atoms with Crippen molar-refractivity contribution in [3.63, 3.8) is 0 Å². The molecule has 0 bridgehead atoms. The van der Waals surface area contributed by atoms with Crippen LogP contribution < -0.4 is 10.6 Å². The minimum absolute atomic E-state index is 0. The van der Waals surface area contributed by atoms with Crippen molar-refractivity contribution in [2.75, 3.05) is 4.90 Å². The van der Waals surface area contributed by atoms with Crippen molar-refractivity contribution in [2.24, 2.45) is 5.73 Å². The molecule has 0 saturated carbocycles. The topological polar surface area (TPSA) is 87.2 Å². The molecule has 2 aromatic rings. The van der Waals surface area contributed by atoms with Gasteiger partial charge in [0.2, 0.25) is 0 Å². The summed E-state index contributed by atoms with van der Waals surface area (Å²) in [6.45, 7) is 0.136. The van der Waals surface area contributed by atoms with E-state index in [0.717, 1.165) is 16.4 Å². The average molecular weight is 471 g/mol. The molecular formula is C17H15BrFN3O2Se. The molecule has 1 aliphatic rings. The molecule has 1 aliphatic heterocycles. The first kappa shape index (κ1) is 19.3. The van der Waals surface area contributed by atoms with E-state index in [-0.39, 0.29) is 54.5 Å². The summed E-state index contributed by atoms with van der Waals surface area (Å²) in [4.78, 5) is 25.3. The SMILES string of the molecule is Br.N=C(N)[Se]Cc1ccc(CN2C(=O)C(=O)c3cccc(F)c32)cc1. The van der Waals surface area contributed by atoms with Crippen LogP contribution in [0.3, 0.4) is 0 Å². The summed E-state index contributed by atoms with van der Waals surface area (Å²) < 4.78 is 14.2. The third kappa shape index (κ3) is 3.98. The second-order valence-electron chi connectivity index (χ2n) is 5.33. The zero-order valence-corrected chi connectivity index (χ0v) is 16.4. The van der Waals surface area contributed by atoms with Gasteiger partial charge in [0.15, 0.2) is 0 Å². The molecule has 0 saturated heterocycles. The molecule has 130 valence electrons. The van der Waals surface area contributed by atoms with Crippen LogP contribution in [0.5, 0.6) is 0 Å². The Hall–Kier alpha value is -2.02. The normalized spacial score (nSPS) is 12.8. The van der Waals surface area contributed by atoms with Gasteiger partial charge in [-0.25, -0.2) is 0 Å². The van der Waals surface area contributed by atoms with Gasteiger partial charge in [0.05, 0.1) is 0 Å². The van der Waals surface area contributed by atoms with E-state index in [2.05, 4.69) is 0 Å². The fraction of sp³-hybridized carbons (Fsp3) is 0.118. The second kappa shape index (κ2) is 7.91. The van der Waals surface area contributed by atoms with E-state index in [1.165, 1.54) is 23.1 Å². The summed E-state index contributed by atoms with van der Waals surface area (Å²) >= 11 is -0.0685. The molecule has 0 aliphatic carbocycles. The number of nitrogens with zero attached hydrogens (tertiary/aromatic N) is 1. The number of amides is 1. The van der Waals surface area contributed by atoms with Crippen molar-refractivity contribution in [2.45, 2.75) is 11.9 Å². The van der Waals surface area contributed by atoms with Gasteiger partial charge >= 0.3 is 144 Å². The molecule has 0 atom stereocenters. The molecule has 1 heterocycles. The summed E-state index contributed by atoms with van der Waals surface area (Å²) in [6, 6.07) is 11.6. The number of Topliss-reactive ketones (excluding diaryl/α,β-unsaturated/α-hetero) is 1. The standard InChI is InChI=1S/C17H14FN3O2Se.BrH/c18-13-3-1-2-12-14(13)21(16(23)15(12)22)8-10-4-6-11(7-5-10)9-24-17(19)20;/h1-7H,8-9H2,(H3,19,20);1H. The fourth-order valence-corrected chi connectivity index (χ4v) is 3.63. The predicted octanol–water partition coefficient (Wildman–Crippen LogP) is 2.23. The molecule has 0 radical (unpaired) electrons. The van der Waals surface area contributed by atoms with Crippen LogP contribution in [0.4, 0.5) is 10.1 Å². The number of rotatable bonds is 5. The number of hydrogen-bond donors (Lipinski definition) is 2. The average Bonchev–Trinajstić information content (AvgIpc) is 2.80. The summed E-state index contributed by atoms with van der Waals surface area (Å²) in [5.74, 6) is -1.96. The first-order chi connectivity index (χ1) is 11.5. The number of ketones is 1. The fourth-order valence-electron chi connectivity index (χ4n) is 2.55.